The third-order valence-electron chi connectivity index (χ3n) is 3.45. The highest BCUT2D eigenvalue weighted by molar-refractivity contribution is 5.39. The zero-order valence-electron chi connectivity index (χ0n) is 10.5. The van der Waals surface area contributed by atoms with Crippen molar-refractivity contribution in [3.05, 3.63) is 18.1 Å². The van der Waals surface area contributed by atoms with Crippen molar-refractivity contribution >= 4 is 5.82 Å². The normalized spacial score (nSPS) is 20.6. The Hall–Kier alpha value is -1.16. The summed E-state index contributed by atoms with van der Waals surface area (Å²) >= 11 is 0. The van der Waals surface area contributed by atoms with Gasteiger partial charge in [-0.05, 0) is 31.6 Å². The Morgan fingerprint density at radius 1 is 1.47 bits per heavy atom. The van der Waals surface area contributed by atoms with Crippen LogP contribution in [0.2, 0.25) is 0 Å². The third-order valence-corrected chi connectivity index (χ3v) is 3.45. The number of hydrogen-bond acceptors (Lipinski definition) is 4. The van der Waals surface area contributed by atoms with Crippen LogP contribution in [0.3, 0.4) is 0 Å². The van der Waals surface area contributed by atoms with E-state index in [0.717, 1.165) is 37.4 Å². The van der Waals surface area contributed by atoms with Crippen LogP contribution in [0.1, 0.15) is 31.9 Å². The van der Waals surface area contributed by atoms with Gasteiger partial charge in [-0.3, -0.25) is 0 Å². The minimum Gasteiger partial charge on any atom is -0.396 e. The molecule has 1 aliphatic heterocycles. The van der Waals surface area contributed by atoms with Crippen molar-refractivity contribution in [1.82, 2.24) is 9.97 Å². The highest BCUT2D eigenvalue weighted by Crippen LogP contribution is 2.23. The molecule has 0 saturated carbocycles. The first-order valence-electron chi connectivity index (χ1n) is 6.50. The van der Waals surface area contributed by atoms with Crippen molar-refractivity contribution in [2.24, 2.45) is 5.92 Å². The lowest BCUT2D eigenvalue weighted by atomic mass is 9.95. The first-order chi connectivity index (χ1) is 8.33. The summed E-state index contributed by atoms with van der Waals surface area (Å²) in [7, 11) is 0. The van der Waals surface area contributed by atoms with Crippen LogP contribution in [0.25, 0.3) is 0 Å². The highest BCUT2D eigenvalue weighted by atomic mass is 16.3. The third kappa shape index (κ3) is 3.16. The number of aryl methyl sites for hydroxylation is 1. The van der Waals surface area contributed by atoms with Crippen LogP contribution in [0.5, 0.6) is 0 Å². The molecule has 0 bridgehead atoms. The van der Waals surface area contributed by atoms with E-state index in [1.165, 1.54) is 12.8 Å². The number of anilines is 1. The lowest BCUT2D eigenvalue weighted by Crippen LogP contribution is -2.36. The van der Waals surface area contributed by atoms with Gasteiger partial charge in [0.1, 0.15) is 12.1 Å². The fourth-order valence-electron chi connectivity index (χ4n) is 2.44. The van der Waals surface area contributed by atoms with Crippen molar-refractivity contribution < 1.29 is 5.11 Å². The second-order valence-electron chi connectivity index (χ2n) is 4.69. The van der Waals surface area contributed by atoms with E-state index in [1.54, 1.807) is 6.33 Å². The van der Waals surface area contributed by atoms with E-state index in [2.05, 4.69) is 27.9 Å². The van der Waals surface area contributed by atoms with Gasteiger partial charge < -0.3 is 10.0 Å². The van der Waals surface area contributed by atoms with E-state index < -0.39 is 0 Å². The zero-order chi connectivity index (χ0) is 12.1. The summed E-state index contributed by atoms with van der Waals surface area (Å²) < 4.78 is 0. The number of aliphatic hydroxyl groups excluding tert-OH is 1. The van der Waals surface area contributed by atoms with Gasteiger partial charge in [0.05, 0.1) is 0 Å². The minimum absolute atomic E-state index is 0.294. The maximum absolute atomic E-state index is 9.01. The maximum atomic E-state index is 9.01. The Morgan fingerprint density at radius 2 is 2.35 bits per heavy atom. The van der Waals surface area contributed by atoms with Crippen LogP contribution < -0.4 is 4.90 Å². The Balaban J connectivity index is 2.05. The molecule has 4 heteroatoms. The first-order valence-corrected chi connectivity index (χ1v) is 6.50. The molecule has 1 aromatic heterocycles. The van der Waals surface area contributed by atoms with E-state index in [4.69, 9.17) is 5.11 Å². The number of piperidine rings is 1. The smallest absolute Gasteiger partial charge is 0.132 e. The van der Waals surface area contributed by atoms with Crippen molar-refractivity contribution in [3.8, 4) is 0 Å². The molecule has 2 rings (SSSR count). The quantitative estimate of drug-likeness (QED) is 0.862. The molecule has 1 aliphatic rings. The molecule has 0 spiro atoms. The molecule has 2 heterocycles. The van der Waals surface area contributed by atoms with Crippen LogP contribution in [-0.4, -0.2) is 34.8 Å². The van der Waals surface area contributed by atoms with Crippen LogP contribution in [-0.2, 0) is 6.42 Å². The number of aliphatic hydroxyl groups is 1. The molecule has 1 N–H and O–H groups in total. The van der Waals surface area contributed by atoms with Gasteiger partial charge in [-0.1, -0.05) is 6.92 Å². The molecule has 94 valence electrons. The van der Waals surface area contributed by atoms with Gasteiger partial charge in [0.25, 0.3) is 0 Å². The number of hydrogen-bond donors (Lipinski definition) is 1. The molecule has 17 heavy (non-hydrogen) atoms. The van der Waals surface area contributed by atoms with Gasteiger partial charge in [0, 0.05) is 31.5 Å². The molecule has 4 nitrogen and oxygen atoms in total. The summed E-state index contributed by atoms with van der Waals surface area (Å²) in [6, 6.07) is 2.08. The molecular weight excluding hydrogens is 214 g/mol. The van der Waals surface area contributed by atoms with Crippen LogP contribution in [0.4, 0.5) is 5.82 Å². The SMILES string of the molecule is CCc1cc(N2CCCC(CCO)C2)ncn1. The molecule has 1 atom stereocenters. The van der Waals surface area contributed by atoms with Gasteiger partial charge in [-0.15, -0.1) is 0 Å². The standard InChI is InChI=1S/C13H21N3O/c1-2-12-8-13(15-10-14-12)16-6-3-4-11(9-16)5-7-17/h8,10-11,17H,2-7,9H2,1H3. The second-order valence-corrected chi connectivity index (χ2v) is 4.69. The summed E-state index contributed by atoms with van der Waals surface area (Å²) in [5, 5.41) is 9.01. The Bertz CT molecular complexity index is 354. The largest absolute Gasteiger partial charge is 0.396 e. The number of nitrogens with zero attached hydrogens (tertiary/aromatic N) is 3. The van der Waals surface area contributed by atoms with Gasteiger partial charge in [0.15, 0.2) is 0 Å². The second kappa shape index (κ2) is 5.96. The predicted molar refractivity (Wildman–Crippen MR) is 68.0 cm³/mol. The van der Waals surface area contributed by atoms with Crippen LogP contribution >= 0.6 is 0 Å². The molecule has 0 radical (unpaired) electrons. The summed E-state index contributed by atoms with van der Waals surface area (Å²) in [6.07, 6.45) is 5.92. The molecule has 1 fully saturated rings. The molecular formula is C13H21N3O. The molecule has 0 aliphatic carbocycles. The Labute approximate surface area is 103 Å². The number of rotatable bonds is 4. The fourth-order valence-corrected chi connectivity index (χ4v) is 2.44. The monoisotopic (exact) mass is 235 g/mol. The minimum atomic E-state index is 0.294. The lowest BCUT2D eigenvalue weighted by molar-refractivity contribution is 0.244. The van der Waals surface area contributed by atoms with E-state index in [0.29, 0.717) is 12.5 Å². The Kier molecular flexibility index (Phi) is 4.31. The first kappa shape index (κ1) is 12.3. The number of aromatic nitrogens is 2. The topological polar surface area (TPSA) is 49.2 Å². The van der Waals surface area contributed by atoms with E-state index in [-0.39, 0.29) is 0 Å². The van der Waals surface area contributed by atoms with Crippen molar-refractivity contribution in [2.75, 3.05) is 24.6 Å². The van der Waals surface area contributed by atoms with Crippen LogP contribution in [0, 0.1) is 5.92 Å². The van der Waals surface area contributed by atoms with E-state index in [1.807, 2.05) is 0 Å². The molecule has 1 saturated heterocycles. The summed E-state index contributed by atoms with van der Waals surface area (Å²) in [6.45, 7) is 4.49. The van der Waals surface area contributed by atoms with Gasteiger partial charge in [0.2, 0.25) is 0 Å². The van der Waals surface area contributed by atoms with Crippen LogP contribution in [0.15, 0.2) is 12.4 Å². The summed E-state index contributed by atoms with van der Waals surface area (Å²) in [5.41, 5.74) is 1.10. The Morgan fingerprint density at radius 3 is 3.12 bits per heavy atom. The van der Waals surface area contributed by atoms with Crippen molar-refractivity contribution in [2.45, 2.75) is 32.6 Å². The fraction of sp³-hybridized carbons (Fsp3) is 0.692. The van der Waals surface area contributed by atoms with E-state index in [9.17, 15) is 0 Å². The predicted octanol–water partition coefficient (Wildman–Crippen LogP) is 1.64. The van der Waals surface area contributed by atoms with Gasteiger partial charge >= 0.3 is 0 Å². The van der Waals surface area contributed by atoms with Crippen molar-refractivity contribution in [3.63, 3.8) is 0 Å². The average molecular weight is 235 g/mol. The van der Waals surface area contributed by atoms with Gasteiger partial charge in [-0.2, -0.15) is 0 Å². The molecule has 0 amide bonds. The molecule has 0 aromatic carbocycles. The summed E-state index contributed by atoms with van der Waals surface area (Å²) in [5.74, 6) is 1.65. The lowest BCUT2D eigenvalue weighted by Gasteiger charge is -2.33. The molecule has 1 unspecified atom stereocenters. The summed E-state index contributed by atoms with van der Waals surface area (Å²) in [4.78, 5) is 10.9. The van der Waals surface area contributed by atoms with Gasteiger partial charge in [-0.25, -0.2) is 9.97 Å². The highest BCUT2D eigenvalue weighted by Gasteiger charge is 2.20. The van der Waals surface area contributed by atoms with Crippen molar-refractivity contribution in [1.29, 1.82) is 0 Å². The maximum Gasteiger partial charge on any atom is 0.132 e. The van der Waals surface area contributed by atoms with E-state index >= 15 is 0 Å². The molecule has 1 aromatic rings. The zero-order valence-corrected chi connectivity index (χ0v) is 10.5. The average Bonchev–Trinajstić information content (AvgIpc) is 2.40.